The molecular weight excluding hydrogens is 599 g/mol. The topological polar surface area (TPSA) is 118 Å². The summed E-state index contributed by atoms with van der Waals surface area (Å²) >= 11 is 0. The van der Waals surface area contributed by atoms with E-state index in [1.807, 2.05) is 18.2 Å². The fourth-order valence-electron chi connectivity index (χ4n) is 8.27. The van der Waals surface area contributed by atoms with E-state index >= 15 is 0 Å². The smallest absolute Gasteiger partial charge is 0.407 e. The quantitative estimate of drug-likeness (QED) is 0.399. The molecule has 2 saturated heterocycles. The van der Waals surface area contributed by atoms with Crippen LogP contribution in [-0.2, 0) is 14.9 Å². The van der Waals surface area contributed by atoms with Crippen molar-refractivity contribution in [3.05, 3.63) is 65.0 Å². The zero-order chi connectivity index (χ0) is 33.7. The molecule has 47 heavy (non-hydrogen) atoms. The maximum absolute atomic E-state index is 14.8. The van der Waals surface area contributed by atoms with Gasteiger partial charge in [-0.25, -0.2) is 9.18 Å². The van der Waals surface area contributed by atoms with Crippen LogP contribution < -0.4 is 15.5 Å². The summed E-state index contributed by atoms with van der Waals surface area (Å²) in [5, 5.41) is 15.7. The van der Waals surface area contributed by atoms with E-state index in [2.05, 4.69) is 26.5 Å². The van der Waals surface area contributed by atoms with Gasteiger partial charge in [0.2, 0.25) is 5.91 Å². The molecule has 3 aliphatic rings. The SMILES string of the molecule is COC(=O)N[C@H]1CCC[C@@H]1[C@](CNC(C)=O)(c1cccc(F)c1)C1CCN(CC2CN(c3ccc(C#N)c(C(=O)N(C)C)c3)C2)CC1. The highest BCUT2D eigenvalue weighted by atomic mass is 19.1. The highest BCUT2D eigenvalue weighted by molar-refractivity contribution is 5.97. The molecule has 0 radical (unpaired) electrons. The predicted octanol–water partition coefficient (Wildman–Crippen LogP) is 4.15. The van der Waals surface area contributed by atoms with Crippen molar-refractivity contribution < 1.29 is 23.5 Å². The number of nitriles is 1. The number of likely N-dealkylation sites (tertiary alicyclic amines) is 1. The monoisotopic (exact) mass is 646 g/mol. The third-order valence-corrected chi connectivity index (χ3v) is 10.6. The number of hydrogen-bond acceptors (Lipinski definition) is 7. The molecule has 2 heterocycles. The number of amides is 3. The molecule has 3 amide bonds. The Morgan fingerprint density at radius 3 is 2.47 bits per heavy atom. The van der Waals surface area contributed by atoms with E-state index in [0.717, 1.165) is 76.1 Å². The number of halogens is 1. The summed E-state index contributed by atoms with van der Waals surface area (Å²) in [7, 11) is 4.74. The molecule has 0 aromatic heterocycles. The van der Waals surface area contributed by atoms with Gasteiger partial charge >= 0.3 is 6.09 Å². The Morgan fingerprint density at radius 2 is 1.83 bits per heavy atom. The molecule has 11 heteroatoms. The van der Waals surface area contributed by atoms with E-state index in [1.54, 1.807) is 32.3 Å². The Kier molecular flexibility index (Phi) is 10.7. The van der Waals surface area contributed by atoms with Crippen molar-refractivity contribution in [2.75, 3.05) is 65.4 Å². The molecule has 1 aliphatic carbocycles. The lowest BCUT2D eigenvalue weighted by Gasteiger charge is -2.51. The van der Waals surface area contributed by atoms with E-state index in [0.29, 0.717) is 23.6 Å². The molecule has 2 aromatic rings. The van der Waals surface area contributed by atoms with E-state index in [9.17, 15) is 24.0 Å². The van der Waals surface area contributed by atoms with E-state index < -0.39 is 11.5 Å². The number of hydrogen-bond donors (Lipinski definition) is 2. The van der Waals surface area contributed by atoms with Crippen LogP contribution in [-0.4, -0.2) is 94.2 Å². The molecule has 2 aliphatic heterocycles. The van der Waals surface area contributed by atoms with E-state index in [1.165, 1.54) is 25.0 Å². The number of carbonyl (C=O) groups excluding carboxylic acids is 3. The number of benzene rings is 2. The van der Waals surface area contributed by atoms with Gasteiger partial charge in [-0.15, -0.1) is 0 Å². The summed E-state index contributed by atoms with van der Waals surface area (Å²) in [5.74, 6) is 0.0313. The van der Waals surface area contributed by atoms with E-state index in [-0.39, 0.29) is 35.5 Å². The molecule has 0 unspecified atom stereocenters. The van der Waals surface area contributed by atoms with Crippen molar-refractivity contribution in [1.82, 2.24) is 20.4 Å². The average molecular weight is 647 g/mol. The van der Waals surface area contributed by atoms with Gasteiger partial charge in [-0.3, -0.25) is 9.59 Å². The third kappa shape index (κ3) is 7.38. The average Bonchev–Trinajstić information content (AvgIpc) is 3.50. The van der Waals surface area contributed by atoms with Crippen molar-refractivity contribution in [3.8, 4) is 6.07 Å². The van der Waals surface area contributed by atoms with E-state index in [4.69, 9.17) is 4.74 Å². The normalized spacial score (nSPS) is 21.7. The Morgan fingerprint density at radius 1 is 1.09 bits per heavy atom. The molecule has 10 nitrogen and oxygen atoms in total. The second kappa shape index (κ2) is 14.7. The number of carbonyl (C=O) groups is 3. The van der Waals surface area contributed by atoms with Gasteiger partial charge in [0.25, 0.3) is 5.91 Å². The van der Waals surface area contributed by atoms with Crippen LogP contribution in [0.4, 0.5) is 14.9 Å². The predicted molar refractivity (Wildman–Crippen MR) is 177 cm³/mol. The van der Waals surface area contributed by atoms with Crippen molar-refractivity contribution in [2.24, 2.45) is 17.8 Å². The number of piperidine rings is 1. The molecule has 252 valence electrons. The molecule has 3 fully saturated rings. The number of nitrogens with one attached hydrogen (secondary N) is 2. The summed E-state index contributed by atoms with van der Waals surface area (Å²) in [4.78, 5) is 43.6. The maximum Gasteiger partial charge on any atom is 0.407 e. The lowest BCUT2D eigenvalue weighted by Crippen LogP contribution is -2.58. The summed E-state index contributed by atoms with van der Waals surface area (Å²) < 4.78 is 19.8. The molecule has 3 atom stereocenters. The molecule has 0 bridgehead atoms. The third-order valence-electron chi connectivity index (χ3n) is 10.6. The fourth-order valence-corrected chi connectivity index (χ4v) is 8.27. The highest BCUT2D eigenvalue weighted by Crippen LogP contribution is 2.50. The lowest BCUT2D eigenvalue weighted by molar-refractivity contribution is -0.119. The Hall–Kier alpha value is -4.17. The summed E-state index contributed by atoms with van der Waals surface area (Å²) in [6.45, 7) is 6.37. The van der Waals surface area contributed by atoms with Gasteiger partial charge in [-0.1, -0.05) is 18.6 Å². The minimum absolute atomic E-state index is 0.00341. The number of rotatable bonds is 10. The molecule has 2 N–H and O–H groups in total. The maximum atomic E-state index is 14.8. The number of ether oxygens (including phenoxy) is 1. The van der Waals surface area contributed by atoms with Gasteiger partial charge in [0.05, 0.1) is 24.3 Å². The fraction of sp³-hybridized carbons (Fsp3) is 0.556. The van der Waals surface area contributed by atoms with Crippen molar-refractivity contribution in [2.45, 2.75) is 50.5 Å². The zero-order valence-electron chi connectivity index (χ0n) is 27.9. The van der Waals surface area contributed by atoms with Gasteiger partial charge in [0.1, 0.15) is 5.82 Å². The van der Waals surface area contributed by atoms with Crippen LogP contribution in [0, 0.1) is 34.9 Å². The summed E-state index contributed by atoms with van der Waals surface area (Å²) in [6.07, 6.45) is 3.90. The van der Waals surface area contributed by atoms with Crippen molar-refractivity contribution in [1.29, 1.82) is 5.26 Å². The minimum Gasteiger partial charge on any atom is -0.453 e. The number of nitrogens with zero attached hydrogens (tertiary/aromatic N) is 4. The van der Waals surface area contributed by atoms with Gasteiger partial charge in [-0.05, 0) is 86.5 Å². The van der Waals surface area contributed by atoms with Gasteiger partial charge in [-0.2, -0.15) is 5.26 Å². The van der Waals surface area contributed by atoms with Gasteiger partial charge < -0.3 is 30.1 Å². The van der Waals surface area contributed by atoms with Crippen LogP contribution in [0.3, 0.4) is 0 Å². The molecule has 0 spiro atoms. The van der Waals surface area contributed by atoms with Crippen LogP contribution >= 0.6 is 0 Å². The summed E-state index contributed by atoms with van der Waals surface area (Å²) in [5.41, 5.74) is 2.07. The van der Waals surface area contributed by atoms with Crippen molar-refractivity contribution >= 4 is 23.6 Å². The highest BCUT2D eigenvalue weighted by Gasteiger charge is 2.52. The number of methoxy groups -OCH3 is 1. The largest absolute Gasteiger partial charge is 0.453 e. The Balaban J connectivity index is 1.29. The van der Waals surface area contributed by atoms with Crippen molar-refractivity contribution in [3.63, 3.8) is 0 Å². The standard InChI is InChI=1S/C36H47FN6O4/c1-24(44)39-23-36(28-7-5-8-29(37)17-28,32-9-6-10-33(32)40-35(46)47-4)27-13-15-42(16-14-27)20-25-21-43(22-25)30-12-11-26(19-38)31(18-30)34(45)41(2)3/h5,7-8,11-12,17-18,25,27,32-33H,6,9-10,13-16,20-23H2,1-4H3,(H,39,44)(H,40,46)/t32-,33-,36-/m0/s1. The Bertz CT molecular complexity index is 1500. The first-order chi connectivity index (χ1) is 22.5. The molecule has 5 rings (SSSR count). The Labute approximate surface area is 277 Å². The first-order valence-corrected chi connectivity index (χ1v) is 16.6. The van der Waals surface area contributed by atoms with Crippen LogP contribution in [0.25, 0.3) is 0 Å². The minimum atomic E-state index is -0.563. The first-order valence-electron chi connectivity index (χ1n) is 16.6. The molecule has 1 saturated carbocycles. The second-order valence-electron chi connectivity index (χ2n) is 13.6. The van der Waals surface area contributed by atoms with Crippen LogP contribution in [0.15, 0.2) is 42.5 Å². The van der Waals surface area contributed by atoms with Gasteiger partial charge in [0.15, 0.2) is 0 Å². The van der Waals surface area contributed by atoms with Gasteiger partial charge in [0, 0.05) is 70.3 Å². The number of alkyl carbamates (subject to hydrolysis) is 1. The zero-order valence-corrected chi connectivity index (χ0v) is 27.9. The molecular formula is C36H47FN6O4. The van der Waals surface area contributed by atoms with Crippen LogP contribution in [0.2, 0.25) is 0 Å². The second-order valence-corrected chi connectivity index (χ2v) is 13.6. The summed E-state index contributed by atoms with van der Waals surface area (Å²) in [6, 6.07) is 14.3. The van der Waals surface area contributed by atoms with Crippen LogP contribution in [0.5, 0.6) is 0 Å². The number of anilines is 1. The van der Waals surface area contributed by atoms with Crippen LogP contribution in [0.1, 0.15) is 60.5 Å². The lowest BCUT2D eigenvalue weighted by atomic mass is 9.58. The molecule has 2 aromatic carbocycles. The first kappa shape index (κ1) is 34.2.